The van der Waals surface area contributed by atoms with E-state index < -0.39 is 11.8 Å². The van der Waals surface area contributed by atoms with Crippen molar-refractivity contribution in [2.45, 2.75) is 25.6 Å². The van der Waals surface area contributed by atoms with Gasteiger partial charge in [0.05, 0.1) is 0 Å². The summed E-state index contributed by atoms with van der Waals surface area (Å²) in [6.45, 7) is 2.68. The Hall–Kier alpha value is -1.55. The Kier molecular flexibility index (Phi) is 2.86. The molecule has 2 rings (SSSR count). The van der Waals surface area contributed by atoms with Gasteiger partial charge in [0, 0.05) is 0 Å². The average molecular weight is 254 g/mol. The fourth-order valence-corrected chi connectivity index (χ4v) is 1.83. The molecule has 0 saturated heterocycles. The maximum atomic E-state index is 12.7. The summed E-state index contributed by atoms with van der Waals surface area (Å²) in [6.07, 6.45) is -4.69. The third-order valence-electron chi connectivity index (χ3n) is 3.11. The highest BCUT2D eigenvalue weighted by Crippen LogP contribution is 2.39. The van der Waals surface area contributed by atoms with Crippen LogP contribution < -0.4 is 0 Å². The largest absolute Gasteiger partial charge is 0.421 e. The molecule has 0 aliphatic rings. The number of hydrogen-bond acceptors (Lipinski definition) is 1. The van der Waals surface area contributed by atoms with Gasteiger partial charge in [-0.3, -0.25) is 0 Å². The second-order valence-electron chi connectivity index (χ2n) is 4.64. The zero-order valence-corrected chi connectivity index (χ0v) is 10.0. The predicted molar refractivity (Wildman–Crippen MR) is 64.3 cm³/mol. The SMILES string of the molecule is Cc1ccc2cc([C@@](C)(O)C(F)(F)F)ccc2c1. The molecule has 0 bridgehead atoms. The van der Waals surface area contributed by atoms with Crippen molar-refractivity contribution in [1.82, 2.24) is 0 Å². The van der Waals surface area contributed by atoms with E-state index in [1.54, 1.807) is 12.1 Å². The van der Waals surface area contributed by atoms with Gasteiger partial charge in [-0.1, -0.05) is 35.9 Å². The average Bonchev–Trinajstić information content (AvgIpc) is 2.26. The molecule has 96 valence electrons. The van der Waals surface area contributed by atoms with Crippen LogP contribution in [0.4, 0.5) is 13.2 Å². The minimum atomic E-state index is -4.69. The highest BCUT2D eigenvalue weighted by molar-refractivity contribution is 5.84. The van der Waals surface area contributed by atoms with E-state index in [9.17, 15) is 18.3 Å². The second kappa shape index (κ2) is 3.99. The summed E-state index contributed by atoms with van der Waals surface area (Å²) in [4.78, 5) is 0. The molecule has 0 radical (unpaired) electrons. The molecule has 4 heteroatoms. The number of rotatable bonds is 1. The van der Waals surface area contributed by atoms with Crippen LogP contribution >= 0.6 is 0 Å². The van der Waals surface area contributed by atoms with Crippen LogP contribution in [0, 0.1) is 6.92 Å². The normalized spacial score (nSPS) is 15.7. The molecule has 1 N–H and O–H groups in total. The van der Waals surface area contributed by atoms with Crippen LogP contribution in [0.15, 0.2) is 36.4 Å². The van der Waals surface area contributed by atoms with Crippen molar-refractivity contribution in [2.24, 2.45) is 0 Å². The summed E-state index contributed by atoms with van der Waals surface area (Å²) >= 11 is 0. The molecule has 1 atom stereocenters. The Balaban J connectivity index is 2.58. The lowest BCUT2D eigenvalue weighted by atomic mass is 9.93. The maximum absolute atomic E-state index is 12.7. The fraction of sp³-hybridized carbons (Fsp3) is 0.286. The van der Waals surface area contributed by atoms with Gasteiger partial charge in [-0.05, 0) is 36.2 Å². The molecule has 0 aliphatic heterocycles. The minimum absolute atomic E-state index is 0.147. The summed E-state index contributed by atoms with van der Waals surface area (Å²) in [5.41, 5.74) is -1.93. The van der Waals surface area contributed by atoms with Crippen molar-refractivity contribution in [3.63, 3.8) is 0 Å². The molecule has 0 unspecified atom stereocenters. The Bertz CT molecular complexity index is 585. The molecule has 18 heavy (non-hydrogen) atoms. The van der Waals surface area contributed by atoms with Crippen LogP contribution in [-0.2, 0) is 5.60 Å². The van der Waals surface area contributed by atoms with Crippen molar-refractivity contribution in [1.29, 1.82) is 0 Å². The molecule has 0 fully saturated rings. The van der Waals surface area contributed by atoms with Crippen molar-refractivity contribution >= 4 is 10.8 Å². The van der Waals surface area contributed by atoms with Gasteiger partial charge in [-0.25, -0.2) is 0 Å². The van der Waals surface area contributed by atoms with Gasteiger partial charge < -0.3 is 5.11 Å². The summed E-state index contributed by atoms with van der Waals surface area (Å²) in [5.74, 6) is 0. The third-order valence-corrected chi connectivity index (χ3v) is 3.11. The first-order valence-electron chi connectivity index (χ1n) is 5.52. The fourth-order valence-electron chi connectivity index (χ4n) is 1.83. The topological polar surface area (TPSA) is 20.2 Å². The van der Waals surface area contributed by atoms with Gasteiger partial charge in [0.25, 0.3) is 0 Å². The Morgan fingerprint density at radius 1 is 0.944 bits per heavy atom. The van der Waals surface area contributed by atoms with E-state index in [-0.39, 0.29) is 5.56 Å². The van der Waals surface area contributed by atoms with E-state index in [0.29, 0.717) is 5.39 Å². The quantitative estimate of drug-likeness (QED) is 0.817. The molecule has 0 spiro atoms. The molecular formula is C14H13F3O. The van der Waals surface area contributed by atoms with Crippen LogP contribution in [-0.4, -0.2) is 11.3 Å². The summed E-state index contributed by atoms with van der Waals surface area (Å²) < 4.78 is 38.2. The van der Waals surface area contributed by atoms with Crippen molar-refractivity contribution in [3.05, 3.63) is 47.5 Å². The standard InChI is InChI=1S/C14H13F3O/c1-9-3-4-11-8-12(6-5-10(11)7-9)13(2,18)14(15,16)17/h3-8,18H,1-2H3/t13-/m1/s1. The van der Waals surface area contributed by atoms with Crippen molar-refractivity contribution in [2.75, 3.05) is 0 Å². The maximum Gasteiger partial charge on any atom is 0.421 e. The molecule has 0 aliphatic carbocycles. The van der Waals surface area contributed by atoms with E-state index >= 15 is 0 Å². The second-order valence-corrected chi connectivity index (χ2v) is 4.64. The van der Waals surface area contributed by atoms with Gasteiger partial charge >= 0.3 is 6.18 Å². The number of halogens is 3. The number of benzene rings is 2. The summed E-state index contributed by atoms with van der Waals surface area (Å²) in [5, 5.41) is 11.2. The molecule has 0 aromatic heterocycles. The van der Waals surface area contributed by atoms with Crippen LogP contribution in [0.5, 0.6) is 0 Å². The van der Waals surface area contributed by atoms with Crippen LogP contribution in [0.2, 0.25) is 0 Å². The van der Waals surface area contributed by atoms with Crippen molar-refractivity contribution in [3.8, 4) is 0 Å². The monoisotopic (exact) mass is 254 g/mol. The number of fused-ring (bicyclic) bond motifs is 1. The van der Waals surface area contributed by atoms with Gasteiger partial charge in [-0.2, -0.15) is 13.2 Å². The predicted octanol–water partition coefficient (Wildman–Crippen LogP) is 3.92. The van der Waals surface area contributed by atoms with Gasteiger partial charge in [0.15, 0.2) is 5.60 Å². The Labute approximate surface area is 103 Å². The molecule has 2 aromatic carbocycles. The number of aliphatic hydroxyl groups is 1. The third kappa shape index (κ3) is 2.08. The Morgan fingerprint density at radius 2 is 1.50 bits per heavy atom. The van der Waals surface area contributed by atoms with E-state index in [0.717, 1.165) is 17.9 Å². The highest BCUT2D eigenvalue weighted by atomic mass is 19.4. The first-order chi connectivity index (χ1) is 8.22. The number of alkyl halides is 3. The first kappa shape index (κ1) is 12.9. The van der Waals surface area contributed by atoms with E-state index in [1.807, 2.05) is 19.1 Å². The summed E-state index contributed by atoms with van der Waals surface area (Å²) in [6, 6.07) is 9.76. The molecule has 1 nitrogen and oxygen atoms in total. The first-order valence-corrected chi connectivity index (χ1v) is 5.52. The van der Waals surface area contributed by atoms with Crippen LogP contribution in [0.3, 0.4) is 0 Å². The molecule has 0 heterocycles. The number of aryl methyl sites for hydroxylation is 1. The van der Waals surface area contributed by atoms with Gasteiger partial charge in [-0.15, -0.1) is 0 Å². The van der Waals surface area contributed by atoms with Crippen LogP contribution in [0.1, 0.15) is 18.1 Å². The molecule has 2 aromatic rings. The lowest BCUT2D eigenvalue weighted by Gasteiger charge is -2.26. The van der Waals surface area contributed by atoms with E-state index in [4.69, 9.17) is 0 Å². The zero-order chi connectivity index (χ0) is 13.6. The summed E-state index contributed by atoms with van der Waals surface area (Å²) in [7, 11) is 0. The lowest BCUT2D eigenvalue weighted by Crippen LogP contribution is -2.39. The van der Waals surface area contributed by atoms with Gasteiger partial charge in [0.1, 0.15) is 0 Å². The van der Waals surface area contributed by atoms with E-state index in [1.165, 1.54) is 12.1 Å². The molecule has 0 amide bonds. The van der Waals surface area contributed by atoms with Gasteiger partial charge in [0.2, 0.25) is 0 Å². The van der Waals surface area contributed by atoms with Crippen LogP contribution in [0.25, 0.3) is 10.8 Å². The molecular weight excluding hydrogens is 241 g/mol. The highest BCUT2D eigenvalue weighted by Gasteiger charge is 2.51. The Morgan fingerprint density at radius 3 is 2.11 bits per heavy atom. The molecule has 0 saturated carbocycles. The smallest absolute Gasteiger partial charge is 0.376 e. The van der Waals surface area contributed by atoms with E-state index in [2.05, 4.69) is 0 Å². The lowest BCUT2D eigenvalue weighted by molar-refractivity contribution is -0.258. The van der Waals surface area contributed by atoms with Crippen molar-refractivity contribution < 1.29 is 18.3 Å². The minimum Gasteiger partial charge on any atom is -0.376 e. The number of hydrogen-bond donors (Lipinski definition) is 1. The zero-order valence-electron chi connectivity index (χ0n) is 10.0.